The molecule has 0 amide bonds. The first-order valence-corrected chi connectivity index (χ1v) is 8.67. The second-order valence-electron chi connectivity index (χ2n) is 4.62. The molecule has 0 unspecified atom stereocenters. The fraction of sp³-hybridized carbons (Fsp3) is 0.600. The van der Waals surface area contributed by atoms with Crippen molar-refractivity contribution in [1.29, 1.82) is 0 Å². The van der Waals surface area contributed by atoms with Gasteiger partial charge in [0, 0.05) is 18.6 Å². The molecule has 0 aliphatic rings. The molecule has 0 aromatic carbocycles. The Morgan fingerprint density at radius 2 is 2.12 bits per heavy atom. The molecule has 0 aliphatic heterocycles. The quantitative estimate of drug-likeness (QED) is 0.831. The normalized spacial score (nSPS) is 12.9. The standard InChI is InChI=1S/C10H17BrN2O2S2/c1-10(2,13-17(3,14)15)7-12-5-8-4-9(11)16-6-8/h4,6,12-13H,5,7H2,1-3H3. The van der Waals surface area contributed by atoms with E-state index in [0.29, 0.717) is 6.54 Å². The van der Waals surface area contributed by atoms with Gasteiger partial charge < -0.3 is 5.32 Å². The van der Waals surface area contributed by atoms with Gasteiger partial charge in [-0.15, -0.1) is 11.3 Å². The minimum Gasteiger partial charge on any atom is -0.311 e. The Kier molecular flexibility index (Phi) is 5.15. The molecule has 0 saturated heterocycles. The van der Waals surface area contributed by atoms with Crippen LogP contribution in [0.4, 0.5) is 0 Å². The predicted octanol–water partition coefficient (Wildman–Crippen LogP) is 1.93. The average molecular weight is 341 g/mol. The van der Waals surface area contributed by atoms with E-state index < -0.39 is 15.6 Å². The summed E-state index contributed by atoms with van der Waals surface area (Å²) in [5.41, 5.74) is 0.706. The van der Waals surface area contributed by atoms with Gasteiger partial charge in [-0.1, -0.05) is 0 Å². The van der Waals surface area contributed by atoms with Crippen LogP contribution >= 0.6 is 27.3 Å². The van der Waals surface area contributed by atoms with Gasteiger partial charge in [0.2, 0.25) is 10.0 Å². The Labute approximate surface area is 115 Å². The Hall–Kier alpha value is 0.0500. The minimum atomic E-state index is -3.17. The second-order valence-corrected chi connectivity index (χ2v) is 8.66. The van der Waals surface area contributed by atoms with E-state index in [0.717, 1.165) is 10.3 Å². The number of hydrogen-bond donors (Lipinski definition) is 2. The maximum Gasteiger partial charge on any atom is 0.209 e. The van der Waals surface area contributed by atoms with E-state index in [2.05, 4.69) is 37.4 Å². The number of hydrogen-bond acceptors (Lipinski definition) is 4. The maximum atomic E-state index is 11.1. The number of halogens is 1. The molecule has 1 heterocycles. The summed E-state index contributed by atoms with van der Waals surface area (Å²) in [6.45, 7) is 5.01. The minimum absolute atomic E-state index is 0.485. The molecule has 4 nitrogen and oxygen atoms in total. The summed E-state index contributed by atoms with van der Waals surface area (Å²) >= 11 is 5.04. The third-order valence-corrected chi connectivity index (χ3v) is 4.46. The lowest BCUT2D eigenvalue weighted by molar-refractivity contribution is 0.421. The molecule has 1 rings (SSSR count). The topological polar surface area (TPSA) is 58.2 Å². The van der Waals surface area contributed by atoms with Crippen molar-refractivity contribution in [2.24, 2.45) is 0 Å². The average Bonchev–Trinajstić information content (AvgIpc) is 2.46. The fourth-order valence-corrected chi connectivity index (χ4v) is 3.78. The lowest BCUT2D eigenvalue weighted by Crippen LogP contribution is -2.49. The molecule has 7 heteroatoms. The van der Waals surface area contributed by atoms with Crippen LogP contribution in [0.2, 0.25) is 0 Å². The first-order valence-electron chi connectivity index (χ1n) is 5.10. The monoisotopic (exact) mass is 340 g/mol. The molecule has 2 N–H and O–H groups in total. The van der Waals surface area contributed by atoms with E-state index in [1.54, 1.807) is 11.3 Å². The van der Waals surface area contributed by atoms with E-state index in [4.69, 9.17) is 0 Å². The lowest BCUT2D eigenvalue weighted by Gasteiger charge is -2.25. The Balaban J connectivity index is 2.40. The molecule has 0 radical (unpaired) electrons. The van der Waals surface area contributed by atoms with Gasteiger partial charge in [0.1, 0.15) is 0 Å². The number of thiophene rings is 1. The number of nitrogens with one attached hydrogen (secondary N) is 2. The first kappa shape index (κ1) is 15.1. The van der Waals surface area contributed by atoms with Crippen LogP contribution in [-0.2, 0) is 16.6 Å². The van der Waals surface area contributed by atoms with Crippen molar-refractivity contribution in [3.05, 3.63) is 20.8 Å². The van der Waals surface area contributed by atoms with Crippen molar-refractivity contribution in [1.82, 2.24) is 10.0 Å². The molecule has 98 valence electrons. The summed E-state index contributed by atoms with van der Waals surface area (Å²) in [5.74, 6) is 0. The summed E-state index contributed by atoms with van der Waals surface area (Å²) < 4.78 is 26.0. The van der Waals surface area contributed by atoms with Gasteiger partial charge in [0.15, 0.2) is 0 Å². The van der Waals surface area contributed by atoms with Crippen molar-refractivity contribution in [2.45, 2.75) is 25.9 Å². The molecular weight excluding hydrogens is 324 g/mol. The van der Waals surface area contributed by atoms with Crippen LogP contribution in [0.5, 0.6) is 0 Å². The molecule has 0 bridgehead atoms. The van der Waals surface area contributed by atoms with Gasteiger partial charge in [-0.3, -0.25) is 0 Å². The second kappa shape index (κ2) is 5.79. The van der Waals surface area contributed by atoms with Gasteiger partial charge >= 0.3 is 0 Å². The van der Waals surface area contributed by atoms with Crippen molar-refractivity contribution >= 4 is 37.3 Å². The smallest absolute Gasteiger partial charge is 0.209 e. The van der Waals surface area contributed by atoms with E-state index in [9.17, 15) is 8.42 Å². The lowest BCUT2D eigenvalue weighted by atomic mass is 10.1. The van der Waals surface area contributed by atoms with Gasteiger partial charge in [0.25, 0.3) is 0 Å². The highest BCUT2D eigenvalue weighted by Gasteiger charge is 2.21. The van der Waals surface area contributed by atoms with Gasteiger partial charge in [-0.25, -0.2) is 13.1 Å². The summed E-state index contributed by atoms with van der Waals surface area (Å²) in [4.78, 5) is 0. The molecule has 0 saturated carbocycles. The third-order valence-electron chi connectivity index (χ3n) is 1.98. The van der Waals surface area contributed by atoms with Crippen molar-refractivity contribution in [3.63, 3.8) is 0 Å². The number of sulfonamides is 1. The molecule has 0 atom stereocenters. The molecule has 1 aromatic rings. The molecule has 0 spiro atoms. The highest BCUT2D eigenvalue weighted by atomic mass is 79.9. The summed E-state index contributed by atoms with van der Waals surface area (Å²) in [6, 6.07) is 2.05. The SMILES string of the molecule is CC(C)(CNCc1csc(Br)c1)NS(C)(=O)=O. The number of rotatable bonds is 6. The van der Waals surface area contributed by atoms with E-state index in [-0.39, 0.29) is 0 Å². The van der Waals surface area contributed by atoms with Crippen LogP contribution in [0.1, 0.15) is 19.4 Å². The van der Waals surface area contributed by atoms with E-state index >= 15 is 0 Å². The van der Waals surface area contributed by atoms with Crippen molar-refractivity contribution in [2.75, 3.05) is 12.8 Å². The zero-order chi connectivity index (χ0) is 13.1. The van der Waals surface area contributed by atoms with Crippen LogP contribution < -0.4 is 10.0 Å². The van der Waals surface area contributed by atoms with E-state index in [1.807, 2.05) is 13.8 Å². The first-order chi connectivity index (χ1) is 7.68. The van der Waals surface area contributed by atoms with Crippen LogP contribution in [0.3, 0.4) is 0 Å². The van der Waals surface area contributed by atoms with Gasteiger partial charge in [0.05, 0.1) is 10.0 Å². The zero-order valence-electron chi connectivity index (χ0n) is 10.1. The molecule has 0 aliphatic carbocycles. The largest absolute Gasteiger partial charge is 0.311 e. The zero-order valence-corrected chi connectivity index (χ0v) is 13.3. The molecule has 1 aromatic heterocycles. The highest BCUT2D eigenvalue weighted by Crippen LogP contribution is 2.20. The molecular formula is C10H17BrN2O2S2. The maximum absolute atomic E-state index is 11.1. The van der Waals surface area contributed by atoms with Gasteiger partial charge in [-0.2, -0.15) is 0 Å². The van der Waals surface area contributed by atoms with E-state index in [1.165, 1.54) is 11.8 Å². The Bertz CT molecular complexity index is 468. The van der Waals surface area contributed by atoms with Crippen LogP contribution in [-0.4, -0.2) is 26.8 Å². The fourth-order valence-electron chi connectivity index (χ4n) is 1.50. The summed E-state index contributed by atoms with van der Waals surface area (Å²) in [5, 5.41) is 5.30. The van der Waals surface area contributed by atoms with Crippen LogP contribution in [0.15, 0.2) is 15.2 Å². The third kappa shape index (κ3) is 6.52. The molecule has 17 heavy (non-hydrogen) atoms. The van der Waals surface area contributed by atoms with Crippen LogP contribution in [0, 0.1) is 0 Å². The van der Waals surface area contributed by atoms with Gasteiger partial charge in [-0.05, 0) is 46.8 Å². The Morgan fingerprint density at radius 3 is 2.59 bits per heavy atom. The Morgan fingerprint density at radius 1 is 1.47 bits per heavy atom. The molecule has 0 fully saturated rings. The highest BCUT2D eigenvalue weighted by molar-refractivity contribution is 9.11. The van der Waals surface area contributed by atoms with Crippen molar-refractivity contribution < 1.29 is 8.42 Å². The summed E-state index contributed by atoms with van der Waals surface area (Å²) in [6.07, 6.45) is 1.17. The van der Waals surface area contributed by atoms with Crippen molar-refractivity contribution in [3.8, 4) is 0 Å². The predicted molar refractivity (Wildman–Crippen MR) is 75.8 cm³/mol. The van der Waals surface area contributed by atoms with Crippen LogP contribution in [0.25, 0.3) is 0 Å². The summed E-state index contributed by atoms with van der Waals surface area (Å²) in [7, 11) is -3.17.